The number of hydrogen-bond donors (Lipinski definition) is 1. The predicted octanol–water partition coefficient (Wildman–Crippen LogP) is 6.00. The van der Waals surface area contributed by atoms with Crippen LogP contribution in [0.4, 0.5) is 11.4 Å². The van der Waals surface area contributed by atoms with E-state index in [1.165, 1.54) is 19.3 Å². The first kappa shape index (κ1) is 20.0. The number of benzene rings is 2. The fourth-order valence-corrected chi connectivity index (χ4v) is 3.96. The quantitative estimate of drug-likeness (QED) is 0.608. The Bertz CT molecular complexity index is 777. The van der Waals surface area contributed by atoms with Crippen molar-refractivity contribution < 1.29 is 9.47 Å². The summed E-state index contributed by atoms with van der Waals surface area (Å²) >= 11 is 12.9. The number of halogens is 2. The van der Waals surface area contributed by atoms with Gasteiger partial charge in [0, 0.05) is 25.3 Å². The Balaban J connectivity index is 1.69. The SMILES string of the molecule is CCOc1c(Cl)cc(CNc2ccc(N3CCCCC3)c(Cl)c2)cc1OC. The van der Waals surface area contributed by atoms with Crippen LogP contribution in [0.1, 0.15) is 31.7 Å². The molecule has 1 heterocycles. The van der Waals surface area contributed by atoms with Crippen LogP contribution in [-0.4, -0.2) is 26.8 Å². The van der Waals surface area contributed by atoms with Gasteiger partial charge in [0.2, 0.25) is 0 Å². The van der Waals surface area contributed by atoms with Gasteiger partial charge in [-0.25, -0.2) is 0 Å². The van der Waals surface area contributed by atoms with E-state index in [0.717, 1.165) is 35.1 Å². The van der Waals surface area contributed by atoms with E-state index in [1.807, 2.05) is 25.1 Å². The molecule has 1 fully saturated rings. The van der Waals surface area contributed by atoms with E-state index in [1.54, 1.807) is 7.11 Å². The third-order valence-electron chi connectivity index (χ3n) is 4.72. The van der Waals surface area contributed by atoms with Crippen molar-refractivity contribution in [3.8, 4) is 11.5 Å². The Morgan fingerprint density at radius 3 is 2.48 bits per heavy atom. The normalized spacial score (nSPS) is 14.1. The summed E-state index contributed by atoms with van der Waals surface area (Å²) in [7, 11) is 1.62. The second-order valence-corrected chi connectivity index (χ2v) is 7.42. The summed E-state index contributed by atoms with van der Waals surface area (Å²) in [6.45, 7) is 5.23. The summed E-state index contributed by atoms with van der Waals surface area (Å²) in [6.07, 6.45) is 3.77. The third-order valence-corrected chi connectivity index (χ3v) is 5.30. The smallest absolute Gasteiger partial charge is 0.179 e. The van der Waals surface area contributed by atoms with E-state index >= 15 is 0 Å². The van der Waals surface area contributed by atoms with Crippen LogP contribution in [0, 0.1) is 0 Å². The van der Waals surface area contributed by atoms with Gasteiger partial charge in [-0.15, -0.1) is 0 Å². The van der Waals surface area contributed by atoms with Gasteiger partial charge in [-0.05, 0) is 62.1 Å². The van der Waals surface area contributed by atoms with E-state index in [-0.39, 0.29) is 0 Å². The zero-order chi connectivity index (χ0) is 19.2. The van der Waals surface area contributed by atoms with Crippen molar-refractivity contribution in [2.24, 2.45) is 0 Å². The topological polar surface area (TPSA) is 33.7 Å². The molecule has 1 N–H and O–H groups in total. The van der Waals surface area contributed by atoms with Gasteiger partial charge >= 0.3 is 0 Å². The average Bonchev–Trinajstić information content (AvgIpc) is 2.69. The highest BCUT2D eigenvalue weighted by Crippen LogP contribution is 2.37. The first-order chi connectivity index (χ1) is 13.1. The fraction of sp³-hybridized carbons (Fsp3) is 0.429. The van der Waals surface area contributed by atoms with E-state index in [2.05, 4.69) is 22.3 Å². The molecular weight excluding hydrogens is 383 g/mol. The summed E-state index contributed by atoms with van der Waals surface area (Å²) in [5.74, 6) is 1.22. The van der Waals surface area contributed by atoms with Gasteiger partial charge in [0.1, 0.15) is 0 Å². The predicted molar refractivity (Wildman–Crippen MR) is 114 cm³/mol. The zero-order valence-electron chi connectivity index (χ0n) is 15.9. The first-order valence-electron chi connectivity index (χ1n) is 9.40. The van der Waals surface area contributed by atoms with Crippen LogP contribution in [0.5, 0.6) is 11.5 Å². The van der Waals surface area contributed by atoms with Gasteiger partial charge in [-0.1, -0.05) is 23.2 Å². The summed E-state index contributed by atoms with van der Waals surface area (Å²) < 4.78 is 11.0. The Morgan fingerprint density at radius 2 is 1.81 bits per heavy atom. The monoisotopic (exact) mass is 408 g/mol. The summed E-state index contributed by atoms with van der Waals surface area (Å²) in [4.78, 5) is 2.37. The molecule has 0 saturated carbocycles. The Morgan fingerprint density at radius 1 is 1.04 bits per heavy atom. The molecule has 146 valence electrons. The van der Waals surface area contributed by atoms with Gasteiger partial charge < -0.3 is 19.7 Å². The molecular formula is C21H26Cl2N2O2. The van der Waals surface area contributed by atoms with Crippen molar-refractivity contribution in [1.29, 1.82) is 0 Å². The maximum Gasteiger partial charge on any atom is 0.179 e. The fourth-order valence-electron chi connectivity index (χ4n) is 3.37. The standard InChI is InChI=1S/C21H26Cl2N2O2/c1-3-27-21-18(23)11-15(12-20(21)26-2)14-24-16-7-8-19(17(22)13-16)25-9-5-4-6-10-25/h7-8,11-13,24H,3-6,9-10,14H2,1-2H3. The van der Waals surface area contributed by atoms with E-state index in [4.69, 9.17) is 32.7 Å². The van der Waals surface area contributed by atoms with Gasteiger partial charge in [0.05, 0.1) is 29.4 Å². The first-order valence-corrected chi connectivity index (χ1v) is 10.2. The van der Waals surface area contributed by atoms with Gasteiger partial charge in [-0.3, -0.25) is 0 Å². The number of methoxy groups -OCH3 is 1. The molecule has 0 radical (unpaired) electrons. The molecule has 6 heteroatoms. The highest BCUT2D eigenvalue weighted by molar-refractivity contribution is 6.33. The lowest BCUT2D eigenvalue weighted by Gasteiger charge is -2.29. The lowest BCUT2D eigenvalue weighted by Crippen LogP contribution is -2.29. The lowest BCUT2D eigenvalue weighted by molar-refractivity contribution is 0.311. The molecule has 0 aliphatic carbocycles. The molecule has 1 aliphatic heterocycles. The van der Waals surface area contributed by atoms with Crippen molar-refractivity contribution in [3.63, 3.8) is 0 Å². The number of ether oxygens (including phenoxy) is 2. The Kier molecular flexibility index (Phi) is 6.97. The van der Waals surface area contributed by atoms with Crippen LogP contribution < -0.4 is 19.7 Å². The average molecular weight is 409 g/mol. The molecule has 0 amide bonds. The number of nitrogens with zero attached hydrogens (tertiary/aromatic N) is 1. The minimum absolute atomic E-state index is 0.537. The molecule has 1 aliphatic rings. The van der Waals surface area contributed by atoms with E-state index in [9.17, 15) is 0 Å². The summed E-state index contributed by atoms with van der Waals surface area (Å²) in [5, 5.41) is 4.73. The number of piperidine rings is 1. The summed E-state index contributed by atoms with van der Waals surface area (Å²) in [5.41, 5.74) is 3.11. The molecule has 4 nitrogen and oxygen atoms in total. The van der Waals surface area contributed by atoms with Crippen LogP contribution in [0.3, 0.4) is 0 Å². The van der Waals surface area contributed by atoms with E-state index in [0.29, 0.717) is 29.7 Å². The van der Waals surface area contributed by atoms with Crippen molar-refractivity contribution >= 4 is 34.6 Å². The van der Waals surface area contributed by atoms with Crippen molar-refractivity contribution in [1.82, 2.24) is 0 Å². The zero-order valence-corrected chi connectivity index (χ0v) is 17.4. The Hall–Kier alpha value is -1.78. The van der Waals surface area contributed by atoms with Crippen LogP contribution in [0.2, 0.25) is 10.0 Å². The van der Waals surface area contributed by atoms with Crippen LogP contribution >= 0.6 is 23.2 Å². The number of hydrogen-bond acceptors (Lipinski definition) is 4. The second-order valence-electron chi connectivity index (χ2n) is 6.61. The number of nitrogens with one attached hydrogen (secondary N) is 1. The highest BCUT2D eigenvalue weighted by atomic mass is 35.5. The molecule has 0 aromatic heterocycles. The van der Waals surface area contributed by atoms with Crippen LogP contribution in [-0.2, 0) is 6.54 Å². The van der Waals surface area contributed by atoms with Gasteiger partial charge in [0.15, 0.2) is 11.5 Å². The molecule has 1 saturated heterocycles. The lowest BCUT2D eigenvalue weighted by atomic mass is 10.1. The third kappa shape index (κ3) is 4.94. The molecule has 0 spiro atoms. The molecule has 2 aromatic carbocycles. The maximum absolute atomic E-state index is 6.53. The highest BCUT2D eigenvalue weighted by Gasteiger charge is 2.15. The minimum atomic E-state index is 0.537. The minimum Gasteiger partial charge on any atom is -0.493 e. The van der Waals surface area contributed by atoms with Gasteiger partial charge in [-0.2, -0.15) is 0 Å². The Labute approximate surface area is 171 Å². The van der Waals surface area contributed by atoms with Gasteiger partial charge in [0.25, 0.3) is 0 Å². The number of anilines is 2. The molecule has 3 rings (SSSR count). The van der Waals surface area contributed by atoms with Crippen LogP contribution in [0.25, 0.3) is 0 Å². The number of rotatable bonds is 7. The molecule has 0 bridgehead atoms. The second kappa shape index (κ2) is 9.43. The largest absolute Gasteiger partial charge is 0.493 e. The summed E-state index contributed by atoms with van der Waals surface area (Å²) in [6, 6.07) is 9.99. The maximum atomic E-state index is 6.53. The molecule has 0 unspecified atom stereocenters. The molecule has 27 heavy (non-hydrogen) atoms. The van der Waals surface area contributed by atoms with Crippen molar-refractivity contribution in [3.05, 3.63) is 45.9 Å². The van der Waals surface area contributed by atoms with Crippen molar-refractivity contribution in [2.45, 2.75) is 32.7 Å². The van der Waals surface area contributed by atoms with Crippen LogP contribution in [0.15, 0.2) is 30.3 Å². The van der Waals surface area contributed by atoms with Crippen molar-refractivity contribution in [2.75, 3.05) is 37.0 Å². The van der Waals surface area contributed by atoms with E-state index < -0.39 is 0 Å². The molecule has 2 aromatic rings. The molecule has 0 atom stereocenters.